The molecule has 0 radical (unpaired) electrons. The molecule has 168 valence electrons. The molecule has 1 unspecified atom stereocenters. The number of aliphatic hydroxyl groups excluding tert-OH is 1. The molecule has 0 aliphatic carbocycles. The molecule has 0 aliphatic heterocycles. The van der Waals surface area contributed by atoms with Crippen molar-refractivity contribution in [3.05, 3.63) is 112 Å². The molecule has 3 nitrogen and oxygen atoms in total. The van der Waals surface area contributed by atoms with Crippen molar-refractivity contribution in [1.82, 2.24) is 4.98 Å². The van der Waals surface area contributed by atoms with Gasteiger partial charge in [0.2, 0.25) is 0 Å². The van der Waals surface area contributed by atoms with E-state index in [1.54, 1.807) is 13.8 Å². The number of halogens is 1. The smallest absolute Gasteiger partial charge is 0.0843 e. The van der Waals surface area contributed by atoms with Gasteiger partial charge in [0, 0.05) is 16.3 Å². The highest BCUT2D eigenvalue weighted by molar-refractivity contribution is 6.31. The largest absolute Gasteiger partial charge is 0.396 e. The maximum atomic E-state index is 10.5. The van der Waals surface area contributed by atoms with Gasteiger partial charge in [-0.3, -0.25) is 0 Å². The Morgan fingerprint density at radius 3 is 2.52 bits per heavy atom. The molecule has 2 N–H and O–H groups in total. The number of aromatic nitrogens is 1. The van der Waals surface area contributed by atoms with Crippen LogP contribution in [0.2, 0.25) is 5.02 Å². The maximum Gasteiger partial charge on any atom is 0.0843 e. The first-order valence-corrected chi connectivity index (χ1v) is 11.5. The minimum absolute atomic E-state index is 0.0281. The Morgan fingerprint density at radius 1 is 0.939 bits per heavy atom. The lowest BCUT2D eigenvalue weighted by Gasteiger charge is -2.24. The van der Waals surface area contributed by atoms with Gasteiger partial charge in [0.05, 0.1) is 23.4 Å². The highest BCUT2D eigenvalue weighted by atomic mass is 35.5. The molecule has 0 bridgehead atoms. The molecule has 4 heteroatoms. The number of benzene rings is 3. The first-order valence-electron chi connectivity index (χ1n) is 11.1. The summed E-state index contributed by atoms with van der Waals surface area (Å²) in [4.78, 5) is 4.68. The summed E-state index contributed by atoms with van der Waals surface area (Å²) < 4.78 is 0. The molecule has 0 spiro atoms. The van der Waals surface area contributed by atoms with Crippen LogP contribution in [0.1, 0.15) is 47.7 Å². The predicted octanol–water partition coefficient (Wildman–Crippen LogP) is 6.60. The minimum Gasteiger partial charge on any atom is -0.396 e. The third kappa shape index (κ3) is 5.69. The summed E-state index contributed by atoms with van der Waals surface area (Å²) in [6.45, 7) is 3.61. The Morgan fingerprint density at radius 2 is 1.73 bits per heavy atom. The van der Waals surface area contributed by atoms with Crippen LogP contribution in [0.4, 0.5) is 0 Å². The van der Waals surface area contributed by atoms with Crippen molar-refractivity contribution in [2.45, 2.75) is 31.8 Å². The Hall–Kier alpha value is -2.98. The zero-order valence-electron chi connectivity index (χ0n) is 18.9. The highest BCUT2D eigenvalue weighted by Gasteiger charge is 2.22. The van der Waals surface area contributed by atoms with Gasteiger partial charge in [-0.1, -0.05) is 78.3 Å². The van der Waals surface area contributed by atoms with Gasteiger partial charge >= 0.3 is 0 Å². The number of hydrogen-bond donors (Lipinski definition) is 2. The van der Waals surface area contributed by atoms with E-state index in [1.807, 2.05) is 84.9 Å². The Kier molecular flexibility index (Phi) is 6.94. The van der Waals surface area contributed by atoms with E-state index >= 15 is 0 Å². The summed E-state index contributed by atoms with van der Waals surface area (Å²) in [6.07, 6.45) is 4.66. The van der Waals surface area contributed by atoms with Crippen molar-refractivity contribution >= 4 is 34.7 Å². The Bertz CT molecular complexity index is 1290. The van der Waals surface area contributed by atoms with Crippen molar-refractivity contribution in [2.24, 2.45) is 0 Å². The topological polar surface area (TPSA) is 53.4 Å². The summed E-state index contributed by atoms with van der Waals surface area (Å²) >= 11 is 6.11. The van der Waals surface area contributed by atoms with Gasteiger partial charge in [-0.15, -0.1) is 0 Å². The van der Waals surface area contributed by atoms with E-state index in [9.17, 15) is 10.2 Å². The second-order valence-corrected chi connectivity index (χ2v) is 9.31. The predicted molar refractivity (Wildman–Crippen MR) is 137 cm³/mol. The monoisotopic (exact) mass is 457 g/mol. The molecule has 33 heavy (non-hydrogen) atoms. The van der Waals surface area contributed by atoms with E-state index in [-0.39, 0.29) is 12.5 Å². The fourth-order valence-electron chi connectivity index (χ4n) is 4.15. The zero-order chi connectivity index (χ0) is 23.4. The van der Waals surface area contributed by atoms with Crippen molar-refractivity contribution in [3.8, 4) is 0 Å². The van der Waals surface area contributed by atoms with Crippen molar-refractivity contribution < 1.29 is 10.2 Å². The van der Waals surface area contributed by atoms with Crippen LogP contribution >= 0.6 is 11.6 Å². The Labute approximate surface area is 200 Å². The van der Waals surface area contributed by atoms with Crippen LogP contribution in [-0.4, -0.2) is 21.8 Å². The van der Waals surface area contributed by atoms with Gasteiger partial charge in [-0.05, 0) is 66.8 Å². The number of hydrogen-bond acceptors (Lipinski definition) is 3. The van der Waals surface area contributed by atoms with Crippen molar-refractivity contribution in [1.29, 1.82) is 0 Å². The zero-order valence-corrected chi connectivity index (χ0v) is 19.6. The van der Waals surface area contributed by atoms with Crippen LogP contribution in [0, 0.1) is 0 Å². The van der Waals surface area contributed by atoms with Crippen LogP contribution in [0.25, 0.3) is 23.1 Å². The quantitative estimate of drug-likeness (QED) is 0.328. The molecule has 0 aliphatic rings. The van der Waals surface area contributed by atoms with Crippen molar-refractivity contribution in [3.63, 3.8) is 0 Å². The van der Waals surface area contributed by atoms with Crippen molar-refractivity contribution in [2.75, 3.05) is 6.61 Å². The lowest BCUT2D eigenvalue weighted by atomic mass is 9.85. The van der Waals surface area contributed by atoms with Crippen LogP contribution < -0.4 is 0 Å². The van der Waals surface area contributed by atoms with E-state index in [4.69, 9.17) is 11.6 Å². The Balaban J connectivity index is 1.57. The third-order valence-corrected chi connectivity index (χ3v) is 6.10. The van der Waals surface area contributed by atoms with Crippen LogP contribution in [0.15, 0.2) is 78.9 Å². The molecule has 0 saturated heterocycles. The van der Waals surface area contributed by atoms with E-state index in [1.165, 1.54) is 0 Å². The summed E-state index contributed by atoms with van der Waals surface area (Å²) in [5, 5.41) is 22.4. The molecular formula is C29H28ClNO2. The van der Waals surface area contributed by atoms with Gasteiger partial charge in [0.1, 0.15) is 0 Å². The summed E-state index contributed by atoms with van der Waals surface area (Å²) in [6, 6.07) is 25.8. The summed E-state index contributed by atoms with van der Waals surface area (Å²) in [5.74, 6) is -0.0669. The van der Waals surface area contributed by atoms with E-state index in [2.05, 4.69) is 11.1 Å². The number of aliphatic hydroxyl groups is 2. The number of pyridine rings is 1. The molecule has 3 aromatic carbocycles. The van der Waals surface area contributed by atoms with Crippen LogP contribution in [0.3, 0.4) is 0 Å². The molecular weight excluding hydrogens is 430 g/mol. The molecule has 1 aromatic heterocycles. The minimum atomic E-state index is -0.932. The molecule has 4 rings (SSSR count). The van der Waals surface area contributed by atoms with Gasteiger partial charge in [0.25, 0.3) is 0 Å². The van der Waals surface area contributed by atoms with Gasteiger partial charge < -0.3 is 10.2 Å². The fraction of sp³-hybridized carbons (Fsp3) is 0.207. The molecule has 4 aromatic rings. The van der Waals surface area contributed by atoms with Crippen LogP contribution in [-0.2, 0) is 12.0 Å². The molecule has 0 fully saturated rings. The molecule has 1 heterocycles. The summed E-state index contributed by atoms with van der Waals surface area (Å²) in [5.41, 5.74) is 4.82. The maximum absolute atomic E-state index is 10.5. The average molecular weight is 458 g/mol. The lowest BCUT2D eigenvalue weighted by molar-refractivity contribution is 0.0774. The average Bonchev–Trinajstić information content (AvgIpc) is 2.80. The SMILES string of the molecule is CC(C)(O)c1ccccc1CC(CO)c1cccc(C=Cc2ccc3ccc(Cl)cc3n2)c1. The summed E-state index contributed by atoms with van der Waals surface area (Å²) in [7, 11) is 0. The first-order chi connectivity index (χ1) is 15.8. The second-order valence-electron chi connectivity index (χ2n) is 8.88. The first kappa shape index (κ1) is 23.2. The van der Waals surface area contributed by atoms with Gasteiger partial charge in [0.15, 0.2) is 0 Å². The third-order valence-electron chi connectivity index (χ3n) is 5.87. The van der Waals surface area contributed by atoms with Gasteiger partial charge in [-0.2, -0.15) is 0 Å². The van der Waals surface area contributed by atoms with Crippen LogP contribution in [0.5, 0.6) is 0 Å². The van der Waals surface area contributed by atoms with E-state index < -0.39 is 5.60 Å². The highest BCUT2D eigenvalue weighted by Crippen LogP contribution is 2.29. The second kappa shape index (κ2) is 9.88. The molecule has 1 atom stereocenters. The molecule has 0 amide bonds. The fourth-order valence-corrected chi connectivity index (χ4v) is 4.31. The van der Waals surface area contributed by atoms with Gasteiger partial charge in [-0.25, -0.2) is 4.98 Å². The number of rotatable bonds is 7. The van der Waals surface area contributed by atoms with E-state index in [0.29, 0.717) is 11.4 Å². The molecule has 0 saturated carbocycles. The number of fused-ring (bicyclic) bond motifs is 1. The standard InChI is InChI=1S/C29H28ClNO2/c1-29(2,33)27-9-4-3-7-23(27)17-24(19-32)22-8-5-6-20(16-22)10-14-26-15-12-21-11-13-25(30)18-28(21)31-26/h3-16,18,24,32-33H,17,19H2,1-2H3. The van der Waals surface area contributed by atoms with E-state index in [0.717, 1.165) is 38.9 Å². The normalized spacial score (nSPS) is 13.0. The lowest BCUT2D eigenvalue weighted by Crippen LogP contribution is -2.19. The number of nitrogens with zero attached hydrogens (tertiary/aromatic N) is 1.